The smallest absolute Gasteiger partial charge is 0.122 e. The average molecular weight is 388 g/mol. The summed E-state index contributed by atoms with van der Waals surface area (Å²) in [5.41, 5.74) is 2.73. The van der Waals surface area contributed by atoms with Crippen molar-refractivity contribution in [3.8, 4) is 0 Å². The van der Waals surface area contributed by atoms with Crippen LogP contribution in [0.4, 0.5) is 0 Å². The molecule has 1 atom stereocenters. The number of aliphatic hydroxyl groups excluding tert-OH is 1. The number of aliphatic hydroxyl groups is 1. The Kier molecular flexibility index (Phi) is 4.48. The molecule has 2 aromatic rings. The Morgan fingerprint density at radius 1 is 1.26 bits per heavy atom. The van der Waals surface area contributed by atoms with Crippen LogP contribution in [0, 0.1) is 6.92 Å². The lowest BCUT2D eigenvalue weighted by molar-refractivity contribution is 0.203. The molecule has 19 heavy (non-hydrogen) atoms. The molecule has 0 spiro atoms. The van der Waals surface area contributed by atoms with Crippen molar-refractivity contribution in [2.24, 2.45) is 0 Å². The maximum Gasteiger partial charge on any atom is 0.122 e. The summed E-state index contributed by atoms with van der Waals surface area (Å²) in [7, 11) is 0. The van der Waals surface area contributed by atoms with Gasteiger partial charge in [0.15, 0.2) is 0 Å². The number of rotatable bonds is 3. The van der Waals surface area contributed by atoms with E-state index in [-0.39, 0.29) is 6.04 Å². The van der Waals surface area contributed by atoms with Crippen LogP contribution in [0.5, 0.6) is 0 Å². The molecule has 0 amide bonds. The van der Waals surface area contributed by atoms with Gasteiger partial charge in [0.05, 0.1) is 16.4 Å². The first-order valence-corrected chi connectivity index (χ1v) is 7.67. The van der Waals surface area contributed by atoms with Crippen molar-refractivity contribution in [2.75, 3.05) is 0 Å². The SMILES string of the molecule is Cc1cc(Br)ccc1C(O)c1c(Br)cnn1C(C)C. The fourth-order valence-electron chi connectivity index (χ4n) is 2.11. The summed E-state index contributed by atoms with van der Waals surface area (Å²) in [6.07, 6.45) is 1.04. The molecule has 0 fully saturated rings. The van der Waals surface area contributed by atoms with Gasteiger partial charge in [-0.05, 0) is 60.0 Å². The minimum absolute atomic E-state index is 0.201. The monoisotopic (exact) mass is 386 g/mol. The van der Waals surface area contributed by atoms with Crippen LogP contribution in [-0.2, 0) is 0 Å². The summed E-state index contributed by atoms with van der Waals surface area (Å²) in [6.45, 7) is 6.08. The molecular weight excluding hydrogens is 372 g/mol. The molecule has 0 aliphatic carbocycles. The highest BCUT2D eigenvalue weighted by atomic mass is 79.9. The summed E-state index contributed by atoms with van der Waals surface area (Å²) < 4.78 is 3.68. The third-order valence-electron chi connectivity index (χ3n) is 3.06. The van der Waals surface area contributed by atoms with E-state index in [1.54, 1.807) is 6.20 Å². The van der Waals surface area contributed by atoms with Gasteiger partial charge in [-0.3, -0.25) is 4.68 Å². The van der Waals surface area contributed by atoms with Crippen LogP contribution in [0.25, 0.3) is 0 Å². The molecule has 1 aromatic heterocycles. The summed E-state index contributed by atoms with van der Waals surface area (Å²) in [6, 6.07) is 6.08. The number of halogens is 2. The predicted octanol–water partition coefficient (Wildman–Crippen LogP) is 4.38. The lowest BCUT2D eigenvalue weighted by Gasteiger charge is -2.18. The Morgan fingerprint density at radius 3 is 2.53 bits per heavy atom. The summed E-state index contributed by atoms with van der Waals surface area (Å²) >= 11 is 6.91. The number of aryl methyl sites for hydroxylation is 1. The van der Waals surface area contributed by atoms with Gasteiger partial charge in [0.2, 0.25) is 0 Å². The second-order valence-electron chi connectivity index (χ2n) is 4.82. The molecule has 1 N–H and O–H groups in total. The summed E-state index contributed by atoms with van der Waals surface area (Å²) in [5, 5.41) is 15.0. The van der Waals surface area contributed by atoms with Crippen LogP contribution in [0.1, 0.15) is 42.8 Å². The minimum Gasteiger partial charge on any atom is -0.382 e. The van der Waals surface area contributed by atoms with Crippen molar-refractivity contribution in [2.45, 2.75) is 32.9 Å². The van der Waals surface area contributed by atoms with Crippen LogP contribution in [0.15, 0.2) is 33.3 Å². The van der Waals surface area contributed by atoms with E-state index in [1.165, 1.54) is 0 Å². The normalized spacial score (nSPS) is 13.0. The molecule has 0 aliphatic rings. The second kappa shape index (κ2) is 5.77. The summed E-state index contributed by atoms with van der Waals surface area (Å²) in [4.78, 5) is 0. The molecule has 2 rings (SSSR count). The lowest BCUT2D eigenvalue weighted by atomic mass is 10.0. The van der Waals surface area contributed by atoms with E-state index in [0.29, 0.717) is 0 Å². The number of hydrogen-bond acceptors (Lipinski definition) is 2. The first kappa shape index (κ1) is 14.8. The van der Waals surface area contributed by atoms with E-state index in [9.17, 15) is 5.11 Å². The third-order valence-corrected chi connectivity index (χ3v) is 4.17. The van der Waals surface area contributed by atoms with E-state index < -0.39 is 6.10 Å². The largest absolute Gasteiger partial charge is 0.382 e. The predicted molar refractivity (Wildman–Crippen MR) is 83.3 cm³/mol. The average Bonchev–Trinajstić information content (AvgIpc) is 2.70. The molecule has 1 heterocycles. The minimum atomic E-state index is -0.688. The standard InChI is InChI=1S/C14H16Br2N2O/c1-8(2)18-13(12(16)7-17-18)14(19)11-5-4-10(15)6-9(11)3/h4-8,14,19H,1-3H3. The van der Waals surface area contributed by atoms with Crippen molar-refractivity contribution in [1.82, 2.24) is 9.78 Å². The van der Waals surface area contributed by atoms with Crippen LogP contribution in [-0.4, -0.2) is 14.9 Å². The fraction of sp³-hybridized carbons (Fsp3) is 0.357. The molecular formula is C14H16Br2N2O. The van der Waals surface area contributed by atoms with Crippen LogP contribution in [0.2, 0.25) is 0 Å². The van der Waals surface area contributed by atoms with Crippen molar-refractivity contribution >= 4 is 31.9 Å². The first-order chi connectivity index (χ1) is 8.91. The van der Waals surface area contributed by atoms with E-state index >= 15 is 0 Å². The topological polar surface area (TPSA) is 38.1 Å². The fourth-order valence-corrected chi connectivity index (χ4v) is 3.08. The Labute approximate surface area is 129 Å². The first-order valence-electron chi connectivity index (χ1n) is 6.08. The van der Waals surface area contributed by atoms with Gasteiger partial charge < -0.3 is 5.11 Å². The van der Waals surface area contributed by atoms with Gasteiger partial charge in [0.1, 0.15) is 6.10 Å². The van der Waals surface area contributed by atoms with Gasteiger partial charge in [0.25, 0.3) is 0 Å². The maximum absolute atomic E-state index is 10.7. The van der Waals surface area contributed by atoms with Gasteiger partial charge in [-0.2, -0.15) is 5.10 Å². The highest BCUT2D eigenvalue weighted by Crippen LogP contribution is 2.32. The molecule has 0 saturated carbocycles. The van der Waals surface area contributed by atoms with Crippen LogP contribution in [0.3, 0.4) is 0 Å². The maximum atomic E-state index is 10.7. The lowest BCUT2D eigenvalue weighted by Crippen LogP contribution is -2.13. The van der Waals surface area contributed by atoms with E-state index in [0.717, 1.165) is 25.8 Å². The van der Waals surface area contributed by atoms with Gasteiger partial charge in [-0.25, -0.2) is 0 Å². The van der Waals surface area contributed by atoms with Crippen molar-refractivity contribution in [3.05, 3.63) is 50.2 Å². The number of nitrogens with zero attached hydrogens (tertiary/aromatic N) is 2. The van der Waals surface area contributed by atoms with E-state index in [4.69, 9.17) is 0 Å². The number of aromatic nitrogens is 2. The molecule has 1 aromatic carbocycles. The summed E-state index contributed by atoms with van der Waals surface area (Å²) in [5.74, 6) is 0. The highest BCUT2D eigenvalue weighted by molar-refractivity contribution is 9.10. The third kappa shape index (κ3) is 2.93. The molecule has 0 radical (unpaired) electrons. The quantitative estimate of drug-likeness (QED) is 0.848. The Morgan fingerprint density at radius 2 is 1.95 bits per heavy atom. The van der Waals surface area contributed by atoms with Gasteiger partial charge >= 0.3 is 0 Å². The zero-order chi connectivity index (χ0) is 14.2. The highest BCUT2D eigenvalue weighted by Gasteiger charge is 2.22. The van der Waals surface area contributed by atoms with Crippen molar-refractivity contribution in [3.63, 3.8) is 0 Å². The molecule has 0 aliphatic heterocycles. The molecule has 102 valence electrons. The Bertz CT molecular complexity index is 593. The second-order valence-corrected chi connectivity index (χ2v) is 6.59. The van der Waals surface area contributed by atoms with E-state index in [1.807, 2.05) is 43.7 Å². The molecule has 1 unspecified atom stereocenters. The van der Waals surface area contributed by atoms with Crippen LogP contribution >= 0.6 is 31.9 Å². The molecule has 3 nitrogen and oxygen atoms in total. The molecule has 5 heteroatoms. The van der Waals surface area contributed by atoms with Gasteiger partial charge in [0, 0.05) is 10.5 Å². The Hall–Kier alpha value is -0.650. The Balaban J connectivity index is 2.49. The molecule has 0 bridgehead atoms. The van der Waals surface area contributed by atoms with Gasteiger partial charge in [-0.15, -0.1) is 0 Å². The van der Waals surface area contributed by atoms with E-state index in [2.05, 4.69) is 37.0 Å². The molecule has 0 saturated heterocycles. The van der Waals surface area contributed by atoms with Crippen LogP contribution < -0.4 is 0 Å². The van der Waals surface area contributed by atoms with Crippen molar-refractivity contribution < 1.29 is 5.11 Å². The van der Waals surface area contributed by atoms with Crippen molar-refractivity contribution in [1.29, 1.82) is 0 Å². The number of hydrogen-bond donors (Lipinski definition) is 1. The number of benzene rings is 1. The zero-order valence-electron chi connectivity index (χ0n) is 11.1. The zero-order valence-corrected chi connectivity index (χ0v) is 14.2. The van der Waals surface area contributed by atoms with Gasteiger partial charge in [-0.1, -0.05) is 22.0 Å².